The third kappa shape index (κ3) is 24.2. The summed E-state index contributed by atoms with van der Waals surface area (Å²) < 4.78 is 10.5. The van der Waals surface area contributed by atoms with Crippen LogP contribution in [0.25, 0.3) is 10.8 Å². The molecule has 0 aliphatic carbocycles. The summed E-state index contributed by atoms with van der Waals surface area (Å²) in [6.07, 6.45) is 3.28. The molecule has 2 aromatic rings. The number of ether oxygens (including phenoxy) is 2. The molecular formula is C30H44N6NiO4S2. The second kappa shape index (κ2) is 30.5. The molecule has 0 aliphatic heterocycles. The number of thiocarbonyl (C=S) groups is 2. The van der Waals surface area contributed by atoms with Crippen LogP contribution in [-0.4, -0.2) is 74.2 Å². The molecule has 43 heavy (non-hydrogen) atoms. The van der Waals surface area contributed by atoms with Gasteiger partial charge in [0.05, 0.1) is 51.5 Å². The van der Waals surface area contributed by atoms with E-state index >= 15 is 0 Å². The number of isothiocyanates is 2. The maximum atomic E-state index is 11.9. The Morgan fingerprint density at radius 1 is 0.767 bits per heavy atom. The third-order valence-electron chi connectivity index (χ3n) is 4.87. The molecule has 0 fully saturated rings. The zero-order valence-corrected chi connectivity index (χ0v) is 28.3. The summed E-state index contributed by atoms with van der Waals surface area (Å²) in [6, 6.07) is 11.7. The second-order valence-electron chi connectivity index (χ2n) is 9.00. The van der Waals surface area contributed by atoms with Crippen molar-refractivity contribution in [1.29, 1.82) is 0 Å². The molecule has 0 atom stereocenters. The van der Waals surface area contributed by atoms with E-state index in [2.05, 4.69) is 72.7 Å². The molecule has 0 aromatic heterocycles. The average molecular weight is 676 g/mol. The van der Waals surface area contributed by atoms with Crippen molar-refractivity contribution >= 4 is 47.2 Å². The maximum absolute atomic E-state index is 11.9. The minimum atomic E-state index is -0.0871. The first-order valence-corrected chi connectivity index (χ1v) is 14.5. The van der Waals surface area contributed by atoms with Crippen LogP contribution in [0.15, 0.2) is 46.4 Å². The van der Waals surface area contributed by atoms with Gasteiger partial charge in [0.25, 0.3) is 0 Å². The van der Waals surface area contributed by atoms with Gasteiger partial charge < -0.3 is 41.1 Å². The van der Waals surface area contributed by atoms with Crippen molar-refractivity contribution in [3.8, 4) is 23.0 Å². The van der Waals surface area contributed by atoms with Crippen LogP contribution < -0.4 is 30.3 Å². The smallest absolute Gasteiger partial charge is 0.870 e. The summed E-state index contributed by atoms with van der Waals surface area (Å²) in [4.78, 5) is 8.53. The van der Waals surface area contributed by atoms with Crippen molar-refractivity contribution in [3.05, 3.63) is 58.3 Å². The van der Waals surface area contributed by atoms with E-state index < -0.39 is 0 Å². The van der Waals surface area contributed by atoms with Crippen molar-refractivity contribution < 1.29 is 46.8 Å². The Labute approximate surface area is 277 Å². The van der Waals surface area contributed by atoms with E-state index in [0.29, 0.717) is 47.9 Å². The monoisotopic (exact) mass is 674 g/mol. The normalized spacial score (nSPS) is 9.86. The van der Waals surface area contributed by atoms with Crippen LogP contribution in [0, 0.1) is 0 Å². The van der Waals surface area contributed by atoms with Gasteiger partial charge in [0, 0.05) is 12.4 Å². The summed E-state index contributed by atoms with van der Waals surface area (Å²) >= 11 is 7.40. The Balaban J connectivity index is -0.000000616. The Hall–Kier alpha value is -3.01. The van der Waals surface area contributed by atoms with E-state index in [4.69, 9.17) is 20.3 Å². The molecule has 240 valence electrons. The maximum Gasteiger partial charge on any atom is 2.00 e. The van der Waals surface area contributed by atoms with Crippen LogP contribution in [0.5, 0.6) is 23.0 Å². The van der Waals surface area contributed by atoms with Gasteiger partial charge in [0.15, 0.2) is 0 Å². The van der Waals surface area contributed by atoms with Gasteiger partial charge in [-0.2, -0.15) is 10.3 Å². The van der Waals surface area contributed by atoms with Crippen molar-refractivity contribution in [2.24, 2.45) is 9.98 Å². The first kappa shape index (κ1) is 44.4. The number of rotatable bonds is 14. The van der Waals surface area contributed by atoms with E-state index in [9.17, 15) is 10.2 Å². The topological polar surface area (TPSA) is 167 Å². The number of hydrogen-bond acceptors (Lipinski definition) is 8. The fourth-order valence-corrected chi connectivity index (χ4v) is 3.10. The number of aliphatic imine (C=N–C) groups is 2. The van der Waals surface area contributed by atoms with E-state index in [0.717, 1.165) is 26.2 Å². The first-order valence-electron chi connectivity index (χ1n) is 13.7. The van der Waals surface area contributed by atoms with Gasteiger partial charge in [-0.1, -0.05) is 60.2 Å². The minimum Gasteiger partial charge on any atom is -0.870 e. The van der Waals surface area contributed by atoms with Gasteiger partial charge in [-0.3, -0.25) is 9.98 Å². The van der Waals surface area contributed by atoms with Crippen LogP contribution in [0.4, 0.5) is 0 Å². The zero-order chi connectivity index (χ0) is 32.2. The van der Waals surface area contributed by atoms with Crippen LogP contribution >= 0.6 is 24.4 Å². The summed E-state index contributed by atoms with van der Waals surface area (Å²) in [5.74, 6) is 0.622. The largest absolute Gasteiger partial charge is 2.00 e. The molecule has 0 bridgehead atoms. The Morgan fingerprint density at radius 3 is 1.37 bits per heavy atom. The van der Waals surface area contributed by atoms with E-state index in [1.54, 1.807) is 36.7 Å². The first-order chi connectivity index (χ1) is 20.1. The summed E-state index contributed by atoms with van der Waals surface area (Å²) in [5.41, 5.74) is 1.18. The average Bonchev–Trinajstić information content (AvgIpc) is 2.93. The summed E-state index contributed by atoms with van der Waals surface area (Å²) in [5, 5.41) is 45.2. The molecule has 0 heterocycles. The zero-order valence-electron chi connectivity index (χ0n) is 25.7. The van der Waals surface area contributed by atoms with E-state index in [1.807, 2.05) is 26.0 Å². The number of para-hydroxylation sites is 2. The van der Waals surface area contributed by atoms with Crippen LogP contribution in [0.1, 0.15) is 52.7 Å². The molecule has 0 radical (unpaired) electrons. The van der Waals surface area contributed by atoms with E-state index in [1.165, 1.54) is 10.3 Å². The fraction of sp³-hybridized carbons (Fsp3) is 0.467. The van der Waals surface area contributed by atoms with Crippen molar-refractivity contribution in [2.75, 3.05) is 39.4 Å². The minimum absolute atomic E-state index is 0. The summed E-state index contributed by atoms with van der Waals surface area (Å²) in [6.45, 7) is 16.6. The molecule has 0 spiro atoms. The molecule has 10 nitrogen and oxygen atoms in total. The van der Waals surface area contributed by atoms with Crippen molar-refractivity contribution in [1.82, 2.24) is 0 Å². The van der Waals surface area contributed by atoms with Gasteiger partial charge in [0.1, 0.15) is 11.5 Å². The van der Waals surface area contributed by atoms with Gasteiger partial charge in [-0.15, -0.1) is 0 Å². The molecule has 0 amide bonds. The second-order valence-corrected chi connectivity index (χ2v) is 9.37. The number of hydrogen-bond donors (Lipinski definition) is 2. The predicted molar refractivity (Wildman–Crippen MR) is 175 cm³/mol. The van der Waals surface area contributed by atoms with Gasteiger partial charge >= 0.3 is 16.5 Å². The molecule has 4 N–H and O–H groups in total. The van der Waals surface area contributed by atoms with E-state index in [-0.39, 0.29) is 28.0 Å². The molecular weight excluding hydrogens is 631 g/mol. The number of nitrogens with zero attached hydrogens (tertiary/aromatic N) is 4. The Morgan fingerprint density at radius 2 is 1.09 bits per heavy atom. The third-order valence-corrected chi connectivity index (χ3v) is 4.87. The molecule has 0 aliphatic rings. The molecule has 2 rings (SSSR count). The molecule has 2 aromatic carbocycles. The van der Waals surface area contributed by atoms with Gasteiger partial charge in [-0.05, 0) is 64.8 Å². The standard InChI is InChI=1S/2C14H22N2O2.2CNS.Ni/c2*1-4-18-13-7-5-6-12(14(13)17)10-15-8-9-16-11(2)3;2*2-1-3;/h2*5-7,10-11,16-17H,4,8-9H2,1-3H3;;;/q;;2*-1;+2. The van der Waals surface area contributed by atoms with Crippen LogP contribution in [0.3, 0.4) is 0 Å². The number of nitrogens with two attached hydrogens (primary N) is 2. The Kier molecular flexibility index (Phi) is 31.5. The number of quaternary nitrogens is 2. The van der Waals surface area contributed by atoms with Crippen molar-refractivity contribution in [3.63, 3.8) is 0 Å². The molecule has 0 saturated heterocycles. The van der Waals surface area contributed by atoms with Gasteiger partial charge in [0.2, 0.25) is 0 Å². The molecule has 0 saturated carbocycles. The quantitative estimate of drug-likeness (QED) is 0.135. The number of benzene rings is 2. The Bertz CT molecular complexity index is 1030. The van der Waals surface area contributed by atoms with Gasteiger partial charge in [-0.25, -0.2) is 0 Å². The predicted octanol–water partition coefficient (Wildman–Crippen LogP) is 2.41. The van der Waals surface area contributed by atoms with Crippen LogP contribution in [0.2, 0.25) is 0 Å². The fourth-order valence-electron chi connectivity index (χ4n) is 3.10. The van der Waals surface area contributed by atoms with Crippen LogP contribution in [-0.2, 0) is 16.5 Å². The SMILES string of the molecule is CCOc1cccc(C=NCC[NH2+]C(C)C)c1[O-].CCOc1cccc(C=NCC[NH2+]C(C)C)c1[O-].[N-]=C=S.[N-]=C=S.[Ni+2]. The van der Waals surface area contributed by atoms with Crippen molar-refractivity contribution in [2.45, 2.75) is 53.6 Å². The molecule has 0 unspecified atom stereocenters. The summed E-state index contributed by atoms with van der Waals surface area (Å²) in [7, 11) is 0. The molecule has 13 heteroatoms.